The Bertz CT molecular complexity index is 1450. The predicted octanol–water partition coefficient (Wildman–Crippen LogP) is 2.35. The van der Waals surface area contributed by atoms with E-state index in [1.807, 2.05) is 19.1 Å². The van der Waals surface area contributed by atoms with Crippen LogP contribution in [0.3, 0.4) is 0 Å². The van der Waals surface area contributed by atoms with E-state index in [0.29, 0.717) is 11.0 Å². The highest BCUT2D eigenvalue weighted by atomic mass is 32.2. The zero-order valence-electron chi connectivity index (χ0n) is 17.0. The van der Waals surface area contributed by atoms with Crippen molar-refractivity contribution in [2.75, 3.05) is 31.1 Å². The van der Waals surface area contributed by atoms with Crippen LogP contribution in [0.1, 0.15) is 12.5 Å². The van der Waals surface area contributed by atoms with E-state index >= 15 is 0 Å². The number of hydrogen-bond donors (Lipinski definition) is 1. The van der Waals surface area contributed by atoms with Crippen molar-refractivity contribution < 1.29 is 12.8 Å². The largest absolute Gasteiger partial charge is 0.420 e. The molecular formula is C22H22N4O4S. The first-order valence-corrected chi connectivity index (χ1v) is 11.7. The molecule has 1 aliphatic heterocycles. The van der Waals surface area contributed by atoms with Crippen molar-refractivity contribution in [2.24, 2.45) is 0 Å². The first-order valence-electron chi connectivity index (χ1n) is 10.2. The minimum atomic E-state index is -3.88. The number of fused-ring (bicyclic) bond motifs is 2. The van der Waals surface area contributed by atoms with E-state index in [1.54, 1.807) is 6.20 Å². The highest BCUT2D eigenvalue weighted by Crippen LogP contribution is 2.30. The second-order valence-electron chi connectivity index (χ2n) is 7.56. The molecule has 4 aromatic rings. The van der Waals surface area contributed by atoms with Gasteiger partial charge in [0.1, 0.15) is 11.7 Å². The van der Waals surface area contributed by atoms with Gasteiger partial charge in [-0.15, -0.1) is 0 Å². The summed E-state index contributed by atoms with van der Waals surface area (Å²) >= 11 is 0. The normalized spacial score (nSPS) is 15.1. The van der Waals surface area contributed by atoms with Crippen molar-refractivity contribution in [2.45, 2.75) is 18.2 Å². The molecule has 0 amide bonds. The van der Waals surface area contributed by atoms with Crippen LogP contribution in [0.2, 0.25) is 0 Å². The van der Waals surface area contributed by atoms with Crippen LogP contribution in [0, 0.1) is 0 Å². The number of aryl methyl sites for hydroxylation is 1. The van der Waals surface area contributed by atoms with Gasteiger partial charge in [-0.25, -0.2) is 22.2 Å². The molecule has 0 atom stereocenters. The minimum absolute atomic E-state index is 0.0912. The monoisotopic (exact) mass is 438 g/mol. The van der Waals surface area contributed by atoms with Crippen molar-refractivity contribution in [3.8, 4) is 0 Å². The number of benzene rings is 2. The topological polar surface area (TPSA) is 97.4 Å². The van der Waals surface area contributed by atoms with Crippen LogP contribution in [0.15, 0.2) is 62.9 Å². The molecule has 2 aromatic carbocycles. The summed E-state index contributed by atoms with van der Waals surface area (Å²) in [6, 6.07) is 10.4. The Morgan fingerprint density at radius 2 is 1.94 bits per heavy atom. The SMILES string of the molecule is CCc1cn(S(=O)(=O)c2ccc3oc(=O)cnc3c2)c2cc(N3CCNCC3)ccc12. The number of rotatable bonds is 4. The van der Waals surface area contributed by atoms with Crippen molar-refractivity contribution in [3.63, 3.8) is 0 Å². The maximum absolute atomic E-state index is 13.6. The van der Waals surface area contributed by atoms with E-state index in [9.17, 15) is 13.2 Å². The summed E-state index contributed by atoms with van der Waals surface area (Å²) in [7, 11) is -3.88. The fourth-order valence-corrected chi connectivity index (χ4v) is 5.47. The molecule has 3 heterocycles. The van der Waals surface area contributed by atoms with E-state index < -0.39 is 15.6 Å². The zero-order chi connectivity index (χ0) is 21.6. The maximum Gasteiger partial charge on any atom is 0.354 e. The lowest BCUT2D eigenvalue weighted by molar-refractivity contribution is 0.554. The number of nitrogens with zero attached hydrogens (tertiary/aromatic N) is 3. The molecule has 0 unspecified atom stereocenters. The molecule has 160 valence electrons. The second-order valence-corrected chi connectivity index (χ2v) is 9.37. The van der Waals surface area contributed by atoms with Crippen LogP contribution in [0.4, 0.5) is 5.69 Å². The molecule has 0 saturated carbocycles. The van der Waals surface area contributed by atoms with Gasteiger partial charge < -0.3 is 14.6 Å². The molecule has 5 rings (SSSR count). The van der Waals surface area contributed by atoms with Crippen LogP contribution >= 0.6 is 0 Å². The average molecular weight is 439 g/mol. The van der Waals surface area contributed by atoms with E-state index in [2.05, 4.69) is 21.3 Å². The summed E-state index contributed by atoms with van der Waals surface area (Å²) in [4.78, 5) is 17.7. The summed E-state index contributed by atoms with van der Waals surface area (Å²) in [5, 5.41) is 4.26. The second kappa shape index (κ2) is 7.51. The quantitative estimate of drug-likeness (QED) is 0.522. The van der Waals surface area contributed by atoms with Crippen molar-refractivity contribution in [1.29, 1.82) is 0 Å². The van der Waals surface area contributed by atoms with E-state index in [1.165, 1.54) is 22.2 Å². The van der Waals surface area contributed by atoms with Gasteiger partial charge in [-0.05, 0) is 42.3 Å². The fraction of sp³-hybridized carbons (Fsp3) is 0.273. The van der Waals surface area contributed by atoms with Gasteiger partial charge in [-0.2, -0.15) is 0 Å². The minimum Gasteiger partial charge on any atom is -0.420 e. The number of anilines is 1. The van der Waals surface area contributed by atoms with Gasteiger partial charge in [0, 0.05) is 43.4 Å². The molecule has 0 aliphatic carbocycles. The molecule has 1 saturated heterocycles. The van der Waals surface area contributed by atoms with Gasteiger partial charge in [0.05, 0.1) is 10.4 Å². The van der Waals surface area contributed by atoms with E-state index in [0.717, 1.165) is 55.4 Å². The molecule has 9 heteroatoms. The first kappa shape index (κ1) is 19.8. The molecule has 0 bridgehead atoms. The Balaban J connectivity index is 1.67. The van der Waals surface area contributed by atoms with Crippen LogP contribution in [-0.4, -0.2) is 43.6 Å². The summed E-state index contributed by atoms with van der Waals surface area (Å²) in [5.74, 6) is 0. The molecule has 1 N–H and O–H groups in total. The van der Waals surface area contributed by atoms with Crippen molar-refractivity contribution >= 4 is 37.7 Å². The van der Waals surface area contributed by atoms with Gasteiger partial charge in [0.25, 0.3) is 10.0 Å². The standard InChI is InChI=1S/C22H22N4O4S/c1-2-15-14-26(20-11-16(3-5-18(15)20)25-9-7-23-8-10-25)31(28,29)17-4-6-21-19(12-17)24-13-22(27)30-21/h3-6,11-14,23H,2,7-10H2,1H3. The van der Waals surface area contributed by atoms with E-state index in [-0.39, 0.29) is 10.5 Å². The number of aromatic nitrogens is 2. The predicted molar refractivity (Wildman–Crippen MR) is 119 cm³/mol. The highest BCUT2D eigenvalue weighted by molar-refractivity contribution is 7.90. The lowest BCUT2D eigenvalue weighted by atomic mass is 10.1. The smallest absolute Gasteiger partial charge is 0.354 e. The summed E-state index contributed by atoms with van der Waals surface area (Å²) in [5.41, 5.74) is 2.62. The Kier molecular flexibility index (Phi) is 4.79. The Morgan fingerprint density at radius 1 is 1.13 bits per heavy atom. The Hall–Kier alpha value is -3.17. The number of nitrogens with one attached hydrogen (secondary N) is 1. The zero-order valence-corrected chi connectivity index (χ0v) is 17.9. The fourth-order valence-electron chi connectivity index (χ4n) is 4.07. The van der Waals surface area contributed by atoms with Gasteiger partial charge in [0.2, 0.25) is 0 Å². The highest BCUT2D eigenvalue weighted by Gasteiger charge is 2.23. The molecule has 31 heavy (non-hydrogen) atoms. The molecule has 0 radical (unpaired) electrons. The molecular weight excluding hydrogens is 416 g/mol. The summed E-state index contributed by atoms with van der Waals surface area (Å²) in [6.45, 7) is 5.57. The summed E-state index contributed by atoms with van der Waals surface area (Å²) < 4.78 is 33.6. The van der Waals surface area contributed by atoms with Crippen molar-refractivity contribution in [3.05, 3.63) is 64.8 Å². The molecule has 0 spiro atoms. The van der Waals surface area contributed by atoms with Crippen LogP contribution in [0.25, 0.3) is 22.0 Å². The molecule has 1 aliphatic rings. The lowest BCUT2D eigenvalue weighted by Gasteiger charge is -2.29. The molecule has 8 nitrogen and oxygen atoms in total. The van der Waals surface area contributed by atoms with Gasteiger partial charge in [0.15, 0.2) is 5.58 Å². The van der Waals surface area contributed by atoms with Crippen molar-refractivity contribution in [1.82, 2.24) is 14.3 Å². The molecule has 1 fully saturated rings. The first-order chi connectivity index (χ1) is 15.0. The van der Waals surface area contributed by atoms with Gasteiger partial charge >= 0.3 is 5.63 Å². The maximum atomic E-state index is 13.6. The third-order valence-electron chi connectivity index (χ3n) is 5.71. The van der Waals surface area contributed by atoms with Gasteiger partial charge in [-0.3, -0.25) is 0 Å². The number of piperazine rings is 1. The third-order valence-corrected chi connectivity index (χ3v) is 7.38. The van der Waals surface area contributed by atoms with Crippen LogP contribution in [-0.2, 0) is 16.4 Å². The van der Waals surface area contributed by atoms with E-state index in [4.69, 9.17) is 4.42 Å². The Labute approximate surface area is 179 Å². The average Bonchev–Trinajstić information content (AvgIpc) is 3.18. The number of hydrogen-bond acceptors (Lipinski definition) is 7. The van der Waals surface area contributed by atoms with Crippen LogP contribution < -0.4 is 15.8 Å². The third kappa shape index (κ3) is 3.39. The Morgan fingerprint density at radius 3 is 2.71 bits per heavy atom. The summed E-state index contributed by atoms with van der Waals surface area (Å²) in [6.07, 6.45) is 3.46. The van der Waals surface area contributed by atoms with Gasteiger partial charge in [-0.1, -0.05) is 13.0 Å². The lowest BCUT2D eigenvalue weighted by Crippen LogP contribution is -2.43. The molecule has 2 aromatic heterocycles. The van der Waals surface area contributed by atoms with Crippen LogP contribution in [0.5, 0.6) is 0 Å².